The van der Waals surface area contributed by atoms with Gasteiger partial charge in [-0.2, -0.15) is 0 Å². The lowest BCUT2D eigenvalue weighted by Crippen LogP contribution is -2.43. The van der Waals surface area contributed by atoms with Gasteiger partial charge in [-0.15, -0.1) is 0 Å². The Balaban J connectivity index is 1.75. The molecule has 0 spiro atoms. The molecule has 3 rings (SSSR count). The number of hydrogen-bond donors (Lipinski definition) is 2. The van der Waals surface area contributed by atoms with Crippen LogP contribution in [-0.4, -0.2) is 52.2 Å². The van der Waals surface area contributed by atoms with E-state index in [0.29, 0.717) is 12.1 Å². The third kappa shape index (κ3) is 5.31. The molecule has 1 amide bonds. The normalized spacial score (nSPS) is 13.2. The number of carbonyl (C=O) groups is 1. The van der Waals surface area contributed by atoms with E-state index in [9.17, 15) is 15.0 Å². The van der Waals surface area contributed by atoms with Crippen molar-refractivity contribution in [3.63, 3.8) is 0 Å². The third-order valence-corrected chi connectivity index (χ3v) is 10.6. The van der Waals surface area contributed by atoms with Gasteiger partial charge in [0.05, 0.1) is 18.2 Å². The van der Waals surface area contributed by atoms with Crippen LogP contribution in [0.25, 0.3) is 10.9 Å². The van der Waals surface area contributed by atoms with E-state index in [1.54, 1.807) is 24.5 Å². The van der Waals surface area contributed by atoms with Crippen molar-refractivity contribution in [1.29, 1.82) is 0 Å². The van der Waals surface area contributed by atoms with Crippen molar-refractivity contribution in [3.05, 3.63) is 60.6 Å². The van der Waals surface area contributed by atoms with Crippen LogP contribution in [0.1, 0.15) is 32.4 Å². The van der Waals surface area contributed by atoms with E-state index in [4.69, 9.17) is 4.43 Å². The van der Waals surface area contributed by atoms with Crippen molar-refractivity contribution in [2.24, 2.45) is 0 Å². The van der Waals surface area contributed by atoms with E-state index in [2.05, 4.69) is 38.8 Å². The van der Waals surface area contributed by atoms with Crippen LogP contribution < -0.4 is 4.43 Å². The van der Waals surface area contributed by atoms with Crippen LogP contribution in [-0.2, 0) is 6.54 Å². The molecule has 32 heavy (non-hydrogen) atoms. The Morgan fingerprint density at radius 1 is 1.22 bits per heavy atom. The number of benzene rings is 1. The van der Waals surface area contributed by atoms with Crippen LogP contribution in [0.4, 0.5) is 4.79 Å². The fraction of sp³-hybridized carbons (Fsp3) is 0.417. The Morgan fingerprint density at radius 3 is 2.59 bits per heavy atom. The topological polar surface area (TPSA) is 87.8 Å². The van der Waals surface area contributed by atoms with Gasteiger partial charge in [0.15, 0.2) is 0 Å². The van der Waals surface area contributed by atoms with Crippen LogP contribution in [0.5, 0.6) is 5.75 Å². The van der Waals surface area contributed by atoms with Gasteiger partial charge in [0.25, 0.3) is 8.32 Å². The molecule has 0 saturated carbocycles. The lowest BCUT2D eigenvalue weighted by atomic mass is 10.1. The second kappa shape index (κ2) is 9.34. The third-order valence-electron chi connectivity index (χ3n) is 6.29. The zero-order chi connectivity index (χ0) is 23.5. The van der Waals surface area contributed by atoms with Crippen molar-refractivity contribution in [1.82, 2.24) is 14.5 Å². The Hall–Kier alpha value is -2.84. The lowest BCUT2D eigenvalue weighted by Gasteiger charge is -2.36. The number of nitrogens with zero attached hydrogens (tertiary/aromatic N) is 3. The molecule has 0 saturated heterocycles. The molecule has 0 aliphatic heterocycles. The molecule has 0 radical (unpaired) electrons. The Kier molecular flexibility index (Phi) is 6.95. The number of aliphatic hydroxyl groups is 1. The van der Waals surface area contributed by atoms with Crippen molar-refractivity contribution < 1.29 is 19.4 Å². The van der Waals surface area contributed by atoms with Crippen molar-refractivity contribution in [2.45, 2.75) is 51.6 Å². The van der Waals surface area contributed by atoms with Gasteiger partial charge in [0.1, 0.15) is 5.75 Å². The SMILES string of the molecule is CC(C)(C)[Si](C)(C)Oc1cccc2c1ccn2CCN(C[C@@H](O)c1cccnc1)C(=O)O. The van der Waals surface area contributed by atoms with Crippen LogP contribution >= 0.6 is 0 Å². The molecule has 7 nitrogen and oxygen atoms in total. The average molecular weight is 456 g/mol. The molecule has 2 aromatic heterocycles. The molecule has 8 heteroatoms. The number of fused-ring (bicyclic) bond motifs is 1. The summed E-state index contributed by atoms with van der Waals surface area (Å²) >= 11 is 0. The summed E-state index contributed by atoms with van der Waals surface area (Å²) in [6.07, 6.45) is 3.14. The summed E-state index contributed by atoms with van der Waals surface area (Å²) in [6.45, 7) is 11.8. The van der Waals surface area contributed by atoms with Gasteiger partial charge in [-0.1, -0.05) is 32.9 Å². The number of hydrogen-bond acceptors (Lipinski definition) is 4. The minimum Gasteiger partial charge on any atom is -0.543 e. The first-order chi connectivity index (χ1) is 15.0. The lowest BCUT2D eigenvalue weighted by molar-refractivity contribution is 0.0951. The summed E-state index contributed by atoms with van der Waals surface area (Å²) in [6, 6.07) is 11.5. The van der Waals surface area contributed by atoms with E-state index in [-0.39, 0.29) is 18.1 Å². The van der Waals surface area contributed by atoms with Crippen molar-refractivity contribution >= 4 is 25.3 Å². The quantitative estimate of drug-likeness (QED) is 0.460. The van der Waals surface area contributed by atoms with Gasteiger partial charge < -0.3 is 24.1 Å². The average Bonchev–Trinajstić information content (AvgIpc) is 3.14. The van der Waals surface area contributed by atoms with E-state index in [1.165, 1.54) is 4.90 Å². The molecule has 2 N–H and O–H groups in total. The highest BCUT2D eigenvalue weighted by molar-refractivity contribution is 6.74. The molecule has 1 atom stereocenters. The molecule has 0 unspecified atom stereocenters. The predicted octanol–water partition coefficient (Wildman–Crippen LogP) is 5.13. The summed E-state index contributed by atoms with van der Waals surface area (Å²) in [7, 11) is -1.98. The van der Waals surface area contributed by atoms with Crippen LogP contribution in [0.2, 0.25) is 18.1 Å². The summed E-state index contributed by atoms with van der Waals surface area (Å²) in [5.41, 5.74) is 1.59. The number of pyridine rings is 1. The smallest absolute Gasteiger partial charge is 0.407 e. The van der Waals surface area contributed by atoms with Gasteiger partial charge in [-0.3, -0.25) is 4.98 Å². The maximum absolute atomic E-state index is 11.8. The molecule has 172 valence electrons. The Morgan fingerprint density at radius 2 is 1.97 bits per heavy atom. The fourth-order valence-electron chi connectivity index (χ4n) is 3.29. The standard InChI is InChI=1S/C24H33N3O4Si/c1-24(2,3)32(4,5)31-22-10-6-9-20-19(22)11-13-26(20)14-15-27(23(29)30)17-21(28)18-8-7-12-25-16-18/h6-13,16,21,28H,14-15,17H2,1-5H3,(H,29,30)/t21-/m1/s1. The van der Waals surface area contributed by atoms with E-state index < -0.39 is 20.5 Å². The largest absolute Gasteiger partial charge is 0.543 e. The first-order valence-corrected chi connectivity index (χ1v) is 13.7. The first-order valence-electron chi connectivity index (χ1n) is 10.8. The number of aromatic nitrogens is 2. The van der Waals surface area contributed by atoms with E-state index >= 15 is 0 Å². The molecule has 3 aromatic rings. The van der Waals surface area contributed by atoms with Crippen molar-refractivity contribution in [3.8, 4) is 5.75 Å². The van der Waals surface area contributed by atoms with Gasteiger partial charge in [0, 0.05) is 42.6 Å². The highest BCUT2D eigenvalue weighted by Gasteiger charge is 2.39. The van der Waals surface area contributed by atoms with Gasteiger partial charge in [0.2, 0.25) is 0 Å². The molecular formula is C24H33N3O4Si. The predicted molar refractivity (Wildman–Crippen MR) is 129 cm³/mol. The highest BCUT2D eigenvalue weighted by atomic mass is 28.4. The maximum atomic E-state index is 11.8. The van der Waals surface area contributed by atoms with Crippen LogP contribution in [0.3, 0.4) is 0 Å². The molecular weight excluding hydrogens is 422 g/mol. The monoisotopic (exact) mass is 455 g/mol. The van der Waals surface area contributed by atoms with Crippen molar-refractivity contribution in [2.75, 3.05) is 13.1 Å². The zero-order valence-corrected chi connectivity index (χ0v) is 20.4. The van der Waals surface area contributed by atoms with Crippen LogP contribution in [0, 0.1) is 0 Å². The van der Waals surface area contributed by atoms with Gasteiger partial charge >= 0.3 is 6.09 Å². The molecule has 0 bridgehead atoms. The minimum atomic E-state index is -1.98. The molecule has 2 heterocycles. The zero-order valence-electron chi connectivity index (χ0n) is 19.4. The van der Waals surface area contributed by atoms with Gasteiger partial charge in [-0.05, 0) is 42.4 Å². The summed E-state index contributed by atoms with van der Waals surface area (Å²) in [5, 5.41) is 21.2. The van der Waals surface area contributed by atoms with E-state index in [0.717, 1.165) is 16.7 Å². The molecule has 1 aromatic carbocycles. The second-order valence-electron chi connectivity index (χ2n) is 9.59. The minimum absolute atomic E-state index is 0.0139. The number of amides is 1. The van der Waals surface area contributed by atoms with E-state index in [1.807, 2.05) is 35.0 Å². The highest BCUT2D eigenvalue weighted by Crippen LogP contribution is 2.39. The second-order valence-corrected chi connectivity index (χ2v) is 14.3. The summed E-state index contributed by atoms with van der Waals surface area (Å²) in [4.78, 5) is 17.0. The molecule has 0 fully saturated rings. The maximum Gasteiger partial charge on any atom is 0.407 e. The first kappa shape index (κ1) is 23.8. The number of aliphatic hydroxyl groups excluding tert-OH is 1. The Bertz CT molecular complexity index is 1060. The Labute approximate surface area is 190 Å². The number of rotatable bonds is 8. The molecule has 0 aliphatic carbocycles. The number of carboxylic acid groups (broad SMARTS) is 1. The van der Waals surface area contributed by atoms with Gasteiger partial charge in [-0.25, -0.2) is 4.79 Å². The fourth-order valence-corrected chi connectivity index (χ4v) is 4.32. The molecule has 0 aliphatic rings. The summed E-state index contributed by atoms with van der Waals surface area (Å²) in [5.74, 6) is 0.870. The van der Waals surface area contributed by atoms with Crippen LogP contribution in [0.15, 0.2) is 55.0 Å². The summed E-state index contributed by atoms with van der Waals surface area (Å²) < 4.78 is 8.57.